The van der Waals surface area contributed by atoms with Gasteiger partial charge in [0.25, 0.3) is 5.91 Å². The lowest BCUT2D eigenvalue weighted by atomic mass is 9.99. The maximum Gasteiger partial charge on any atom is 0.251 e. The first-order chi connectivity index (χ1) is 13.3. The zero-order valence-corrected chi connectivity index (χ0v) is 15.4. The Morgan fingerprint density at radius 1 is 0.963 bits per heavy atom. The van der Waals surface area contributed by atoms with E-state index in [1.807, 2.05) is 6.07 Å². The van der Waals surface area contributed by atoms with Gasteiger partial charge in [0.2, 0.25) is 0 Å². The van der Waals surface area contributed by atoms with Crippen LogP contribution in [0.5, 0.6) is 0 Å². The summed E-state index contributed by atoms with van der Waals surface area (Å²) in [5, 5.41) is 5.61. The molecule has 27 heavy (non-hydrogen) atoms. The number of hydrogen-bond acceptors (Lipinski definition) is 2. The van der Waals surface area contributed by atoms with Crippen molar-refractivity contribution in [1.82, 2.24) is 5.32 Å². The lowest BCUT2D eigenvalue weighted by Gasteiger charge is -2.19. The predicted octanol–water partition coefficient (Wildman–Crippen LogP) is 4.19. The van der Waals surface area contributed by atoms with Crippen LogP contribution in [0, 0.1) is 5.92 Å². The van der Waals surface area contributed by atoms with Crippen molar-refractivity contribution in [1.29, 1.82) is 0 Å². The molecule has 3 aromatic rings. The fourth-order valence-corrected chi connectivity index (χ4v) is 4.65. The molecule has 0 spiro atoms. The summed E-state index contributed by atoms with van der Waals surface area (Å²) in [4.78, 5) is 15.3. The predicted molar refractivity (Wildman–Crippen MR) is 110 cm³/mol. The fourth-order valence-electron chi connectivity index (χ4n) is 4.65. The van der Waals surface area contributed by atoms with E-state index in [0.717, 1.165) is 49.8 Å². The maximum atomic E-state index is 12.9. The van der Waals surface area contributed by atoms with Crippen LogP contribution in [0.1, 0.15) is 27.9 Å². The van der Waals surface area contributed by atoms with Crippen molar-refractivity contribution in [3.8, 4) is 0 Å². The van der Waals surface area contributed by atoms with E-state index in [4.69, 9.17) is 0 Å². The number of benzene rings is 3. The van der Waals surface area contributed by atoms with Crippen LogP contribution in [0.2, 0.25) is 0 Å². The molecule has 1 aliphatic heterocycles. The summed E-state index contributed by atoms with van der Waals surface area (Å²) in [5.41, 5.74) is 4.85. The second kappa shape index (κ2) is 6.73. The summed E-state index contributed by atoms with van der Waals surface area (Å²) in [6, 6.07) is 21.1. The number of nitrogens with one attached hydrogen (secondary N) is 1. The summed E-state index contributed by atoms with van der Waals surface area (Å²) >= 11 is 0. The lowest BCUT2D eigenvalue weighted by molar-refractivity contribution is 0.0950. The van der Waals surface area contributed by atoms with Gasteiger partial charge in [-0.3, -0.25) is 4.79 Å². The number of anilines is 1. The number of nitrogens with zero attached hydrogens (tertiary/aromatic N) is 1. The Kier molecular flexibility index (Phi) is 4.08. The van der Waals surface area contributed by atoms with Crippen molar-refractivity contribution in [3.63, 3.8) is 0 Å². The highest BCUT2D eigenvalue weighted by Crippen LogP contribution is 2.32. The van der Waals surface area contributed by atoms with E-state index in [-0.39, 0.29) is 5.91 Å². The molecule has 5 rings (SSSR count). The third-order valence-corrected chi connectivity index (χ3v) is 6.08. The monoisotopic (exact) mass is 356 g/mol. The SMILES string of the molecule is O=C(NCC1CCN(c2ccccc2)C1)c1ccc2c3c(cccc13)CC2. The molecular weight excluding hydrogens is 332 g/mol. The highest BCUT2D eigenvalue weighted by atomic mass is 16.1. The first kappa shape index (κ1) is 16.4. The van der Waals surface area contributed by atoms with Crippen LogP contribution < -0.4 is 10.2 Å². The molecule has 1 N–H and O–H groups in total. The van der Waals surface area contributed by atoms with Crippen LogP contribution in [0.25, 0.3) is 10.8 Å². The van der Waals surface area contributed by atoms with Crippen molar-refractivity contribution >= 4 is 22.4 Å². The summed E-state index contributed by atoms with van der Waals surface area (Å²) < 4.78 is 0. The van der Waals surface area contributed by atoms with Gasteiger partial charge < -0.3 is 10.2 Å². The van der Waals surface area contributed by atoms with Crippen molar-refractivity contribution in [3.05, 3.63) is 77.4 Å². The summed E-state index contributed by atoms with van der Waals surface area (Å²) in [5.74, 6) is 0.565. The zero-order chi connectivity index (χ0) is 18.2. The lowest BCUT2D eigenvalue weighted by Crippen LogP contribution is -2.31. The van der Waals surface area contributed by atoms with Crippen LogP contribution in [0.3, 0.4) is 0 Å². The van der Waals surface area contributed by atoms with E-state index < -0.39 is 0 Å². The van der Waals surface area contributed by atoms with Gasteiger partial charge in [-0.25, -0.2) is 0 Å². The van der Waals surface area contributed by atoms with Gasteiger partial charge in [0.05, 0.1) is 0 Å². The number of carbonyl (C=O) groups is 1. The van der Waals surface area contributed by atoms with E-state index in [1.54, 1.807) is 0 Å². The largest absolute Gasteiger partial charge is 0.371 e. The van der Waals surface area contributed by atoms with Gasteiger partial charge in [0, 0.05) is 30.9 Å². The average molecular weight is 356 g/mol. The minimum Gasteiger partial charge on any atom is -0.371 e. The maximum absolute atomic E-state index is 12.9. The highest BCUT2D eigenvalue weighted by molar-refractivity contribution is 6.09. The number of aryl methyl sites for hydroxylation is 2. The molecule has 1 aliphatic carbocycles. The first-order valence-corrected chi connectivity index (χ1v) is 9.91. The molecule has 136 valence electrons. The fraction of sp³-hybridized carbons (Fsp3) is 0.292. The van der Waals surface area contributed by atoms with E-state index in [1.165, 1.54) is 22.2 Å². The summed E-state index contributed by atoms with van der Waals surface area (Å²) in [7, 11) is 0. The van der Waals surface area contributed by atoms with E-state index in [2.05, 4.69) is 64.8 Å². The molecular formula is C24H24N2O. The van der Waals surface area contributed by atoms with Gasteiger partial charge in [0.15, 0.2) is 0 Å². The third-order valence-electron chi connectivity index (χ3n) is 6.08. The van der Waals surface area contributed by atoms with Crippen LogP contribution in [0.15, 0.2) is 60.7 Å². The molecule has 0 bridgehead atoms. The molecule has 0 aromatic heterocycles. The van der Waals surface area contributed by atoms with Gasteiger partial charge in [-0.2, -0.15) is 0 Å². The quantitative estimate of drug-likeness (QED) is 0.760. The normalized spacial score (nSPS) is 18.2. The number of carbonyl (C=O) groups excluding carboxylic acids is 1. The van der Waals surface area contributed by atoms with Crippen molar-refractivity contribution in [2.24, 2.45) is 5.92 Å². The van der Waals surface area contributed by atoms with Crippen LogP contribution in [0.4, 0.5) is 5.69 Å². The average Bonchev–Trinajstić information content (AvgIpc) is 3.36. The van der Waals surface area contributed by atoms with Crippen LogP contribution in [-0.2, 0) is 12.8 Å². The van der Waals surface area contributed by atoms with Gasteiger partial charge >= 0.3 is 0 Å². The van der Waals surface area contributed by atoms with Gasteiger partial charge in [0.1, 0.15) is 0 Å². The van der Waals surface area contributed by atoms with Crippen molar-refractivity contribution in [2.45, 2.75) is 19.3 Å². The Hall–Kier alpha value is -2.81. The van der Waals surface area contributed by atoms with E-state index in [0.29, 0.717) is 5.92 Å². The minimum atomic E-state index is 0.0590. The molecule has 2 aliphatic rings. The molecule has 1 saturated heterocycles. The smallest absolute Gasteiger partial charge is 0.251 e. The summed E-state index contributed by atoms with van der Waals surface area (Å²) in [6.07, 6.45) is 3.31. The molecule has 3 heteroatoms. The molecule has 1 fully saturated rings. The Morgan fingerprint density at radius 3 is 2.63 bits per heavy atom. The molecule has 1 heterocycles. The van der Waals surface area contributed by atoms with Crippen molar-refractivity contribution in [2.75, 3.05) is 24.5 Å². The number of para-hydroxylation sites is 1. The molecule has 3 nitrogen and oxygen atoms in total. The number of hydrogen-bond donors (Lipinski definition) is 1. The highest BCUT2D eigenvalue weighted by Gasteiger charge is 2.24. The Labute approximate surface area is 160 Å². The standard InChI is InChI=1S/C24H24N2O/c27-24(22-12-11-19-10-9-18-5-4-8-21(22)23(18)19)25-15-17-13-14-26(16-17)20-6-2-1-3-7-20/h1-8,11-12,17H,9-10,13-16H2,(H,25,27). The van der Waals surface area contributed by atoms with Gasteiger partial charge in [-0.1, -0.05) is 42.5 Å². The van der Waals surface area contributed by atoms with E-state index >= 15 is 0 Å². The Morgan fingerprint density at radius 2 is 1.78 bits per heavy atom. The molecule has 0 saturated carbocycles. The molecule has 0 radical (unpaired) electrons. The number of amides is 1. The van der Waals surface area contributed by atoms with Crippen LogP contribution in [-0.4, -0.2) is 25.5 Å². The third kappa shape index (κ3) is 2.97. The Balaban J connectivity index is 1.28. The van der Waals surface area contributed by atoms with E-state index in [9.17, 15) is 4.79 Å². The summed E-state index contributed by atoms with van der Waals surface area (Å²) in [6.45, 7) is 2.81. The minimum absolute atomic E-state index is 0.0590. The Bertz CT molecular complexity index is 986. The van der Waals surface area contributed by atoms with Crippen molar-refractivity contribution < 1.29 is 4.79 Å². The van der Waals surface area contributed by atoms with Crippen LogP contribution >= 0.6 is 0 Å². The molecule has 1 atom stereocenters. The molecule has 1 unspecified atom stereocenters. The first-order valence-electron chi connectivity index (χ1n) is 9.91. The number of rotatable bonds is 4. The topological polar surface area (TPSA) is 32.3 Å². The zero-order valence-electron chi connectivity index (χ0n) is 15.4. The van der Waals surface area contributed by atoms with Gasteiger partial charge in [-0.05, 0) is 65.3 Å². The molecule has 3 aromatic carbocycles. The van der Waals surface area contributed by atoms with Gasteiger partial charge in [-0.15, -0.1) is 0 Å². The second-order valence-corrected chi connectivity index (χ2v) is 7.76. The molecule has 1 amide bonds. The second-order valence-electron chi connectivity index (χ2n) is 7.76.